The zero-order chi connectivity index (χ0) is 73.8. The molecular formula is C63H97N19O16S2. The predicted octanol–water partition coefficient (Wildman–Crippen LogP) is -4.38. The molecule has 13 atom stereocenters. The summed E-state index contributed by atoms with van der Waals surface area (Å²) in [5, 5.41) is 65.1. The monoisotopic (exact) mass is 1440 g/mol. The minimum Gasteiger partial charge on any atom is -0.508 e. The van der Waals surface area contributed by atoms with Crippen molar-refractivity contribution in [3.05, 3.63) is 66.3 Å². The van der Waals surface area contributed by atoms with Gasteiger partial charge in [0.2, 0.25) is 65.0 Å². The lowest BCUT2D eigenvalue weighted by atomic mass is 10.0. The van der Waals surface area contributed by atoms with Gasteiger partial charge in [-0.05, 0) is 119 Å². The van der Waals surface area contributed by atoms with Crippen LogP contribution in [-0.4, -0.2) is 256 Å². The third-order valence-electron chi connectivity index (χ3n) is 16.6. The van der Waals surface area contributed by atoms with Crippen LogP contribution in [0.5, 0.6) is 5.75 Å². The first-order chi connectivity index (χ1) is 47.5. The number of guanidine groups is 1. The molecule has 0 unspecified atom stereocenters. The van der Waals surface area contributed by atoms with E-state index < -0.39 is 156 Å². The summed E-state index contributed by atoms with van der Waals surface area (Å²) in [6, 6.07) is -9.47. The van der Waals surface area contributed by atoms with Crippen LogP contribution < -0.4 is 65.1 Å². The molecule has 0 spiro atoms. The standard InChI is InChI=1S/C63H97N19O16S2/c1-33(2)24-43(72-49(86)28-64)54(89)76-44(25-36-13-15-39(85)16-14-36)55(90)73-40(17-22-99-5)53(88)78-46(27-38-30-68-32-71-38)60(95)82-21-9-12-48(82)61(96)81-20-8-11-47(81)57(92)80-51(35(4)84)59(94)77-45(26-37-29-67-31-70-37)56(91)79-50(34(3)83)58(93)74-41(18-23-100-6)52(87)75-42(62(97)98)10-7-19-69-63(65)66/h13-16,29-35,40-48,50-51,83-85H,7-12,17-28,64H2,1-6H3,(H,67,70)(H,68,71)(H,72,86)(H,73,90)(H,74,93)(H,75,87)(H,76,89)(H,77,94)(H,78,88)(H,79,91)(H,80,92)(H,97,98)(H4,65,66,69)/t34-,35-,40+,41+,42+,43+,44+,45+,46+,47+,48+,50+,51+/m1/s1. The molecule has 0 aliphatic carbocycles. The number of likely N-dealkylation sites (tertiary alicyclic amines) is 2. The molecule has 2 aromatic heterocycles. The van der Waals surface area contributed by atoms with Crippen molar-refractivity contribution in [2.24, 2.45) is 28.1 Å². The number of amides is 11. The molecule has 35 nitrogen and oxygen atoms in total. The average Bonchev–Trinajstić information content (AvgIpc) is 1.62. The van der Waals surface area contributed by atoms with Gasteiger partial charge >= 0.3 is 5.97 Å². The molecule has 100 heavy (non-hydrogen) atoms. The third-order valence-corrected chi connectivity index (χ3v) is 17.9. The van der Waals surface area contributed by atoms with Gasteiger partial charge in [0.1, 0.15) is 72.2 Å². The second-order valence-corrected chi connectivity index (χ2v) is 26.9. The van der Waals surface area contributed by atoms with E-state index in [4.69, 9.17) is 17.2 Å². The summed E-state index contributed by atoms with van der Waals surface area (Å²) in [5.74, 6) is -10.1. The molecule has 0 radical (unpaired) electrons. The Labute approximate surface area is 587 Å². The van der Waals surface area contributed by atoms with E-state index in [-0.39, 0.29) is 101 Å². The molecule has 2 fully saturated rings. The lowest BCUT2D eigenvalue weighted by molar-refractivity contribution is -0.148. The van der Waals surface area contributed by atoms with E-state index in [2.05, 4.69) is 72.8 Å². The van der Waals surface area contributed by atoms with Crippen LogP contribution in [0, 0.1) is 5.92 Å². The number of carbonyl (C=O) groups is 12. The molecule has 11 amide bonds. The Kier molecular flexibility index (Phi) is 33.3. The largest absolute Gasteiger partial charge is 0.508 e. The number of carboxylic acid groups (broad SMARTS) is 1. The average molecular weight is 1440 g/mol. The molecule has 0 saturated carbocycles. The van der Waals surface area contributed by atoms with Crippen LogP contribution in [0.25, 0.3) is 0 Å². The maximum Gasteiger partial charge on any atom is 0.326 e. The Hall–Kier alpha value is -9.07. The second-order valence-electron chi connectivity index (χ2n) is 24.9. The van der Waals surface area contributed by atoms with Gasteiger partial charge in [-0.25, -0.2) is 14.8 Å². The SMILES string of the molecule is CSCC[C@H](NC(=O)[C@H](Cc1ccc(O)cc1)NC(=O)[C@H](CC(C)C)NC(=O)CN)C(=O)N[C@@H](Cc1cnc[nH]1)C(=O)N1CCC[C@H]1C(=O)N1CCC[C@H]1C(=O)N[C@H](C(=O)N[C@@H](Cc1cnc[nH]1)C(=O)N[C@H](C(=O)N[C@@H](CCSC)C(=O)N[C@@H](CCCN=C(N)N)C(=O)O)[C@@H](C)O)[C@@H](C)O. The van der Waals surface area contributed by atoms with E-state index in [1.165, 1.54) is 84.4 Å². The van der Waals surface area contributed by atoms with Crippen LogP contribution in [0.2, 0.25) is 0 Å². The maximum absolute atomic E-state index is 15.0. The molecule has 1 aromatic carbocycles. The summed E-state index contributed by atoms with van der Waals surface area (Å²) in [6.45, 7) is 5.84. The summed E-state index contributed by atoms with van der Waals surface area (Å²) < 4.78 is 0. The third kappa shape index (κ3) is 25.6. The van der Waals surface area contributed by atoms with Crippen molar-refractivity contribution in [3.8, 4) is 5.75 Å². The van der Waals surface area contributed by atoms with Gasteiger partial charge in [0.05, 0.1) is 31.4 Å². The number of hydrogen-bond donors (Lipinski definition) is 18. The number of aromatic hydroxyl groups is 1. The number of hydrogen-bond acceptors (Lipinski definition) is 21. The minimum absolute atomic E-state index is 0.00318. The molecule has 3 aromatic rings. The molecule has 2 saturated heterocycles. The topological polar surface area (TPSA) is 548 Å². The second kappa shape index (κ2) is 40.9. The number of phenolic OH excluding ortho intramolecular Hbond substituents is 1. The normalized spacial score (nSPS) is 17.6. The first-order valence-corrected chi connectivity index (χ1v) is 35.7. The molecule has 2 aliphatic rings. The zero-order valence-electron chi connectivity index (χ0n) is 56.9. The Morgan fingerprint density at radius 1 is 0.590 bits per heavy atom. The molecule has 2 aliphatic heterocycles. The van der Waals surface area contributed by atoms with Gasteiger partial charge < -0.3 is 105 Å². The first-order valence-electron chi connectivity index (χ1n) is 32.9. The van der Waals surface area contributed by atoms with Gasteiger partial charge in [-0.2, -0.15) is 23.5 Å². The van der Waals surface area contributed by atoms with Gasteiger partial charge in [0, 0.05) is 62.7 Å². The number of H-pyrrole nitrogens is 2. The molecule has 37 heteroatoms. The highest BCUT2D eigenvalue weighted by Crippen LogP contribution is 2.27. The van der Waals surface area contributed by atoms with E-state index in [0.717, 1.165) is 0 Å². The van der Waals surface area contributed by atoms with Crippen molar-refractivity contribution in [1.82, 2.24) is 77.6 Å². The van der Waals surface area contributed by atoms with Gasteiger partial charge in [-0.15, -0.1) is 0 Å². The molecule has 5 rings (SSSR count). The predicted molar refractivity (Wildman–Crippen MR) is 369 cm³/mol. The van der Waals surface area contributed by atoms with Crippen LogP contribution in [0.15, 0.2) is 54.3 Å². The Balaban J connectivity index is 1.32. The van der Waals surface area contributed by atoms with Crippen LogP contribution in [-0.2, 0) is 76.8 Å². The Bertz CT molecular complexity index is 3250. The van der Waals surface area contributed by atoms with Gasteiger partial charge in [-0.1, -0.05) is 26.0 Å². The number of thioether (sulfide) groups is 2. The van der Waals surface area contributed by atoms with Crippen LogP contribution >= 0.6 is 23.5 Å². The zero-order valence-corrected chi connectivity index (χ0v) is 58.5. The van der Waals surface area contributed by atoms with Gasteiger partial charge in [0.25, 0.3) is 0 Å². The summed E-state index contributed by atoms with van der Waals surface area (Å²) in [4.78, 5) is 188. The summed E-state index contributed by atoms with van der Waals surface area (Å²) >= 11 is 2.69. The number of aliphatic hydroxyl groups excluding tert-OH is 2. The number of aliphatic imine (C=N–C) groups is 1. The van der Waals surface area contributed by atoms with E-state index in [1.54, 1.807) is 24.6 Å². The molecular weight excluding hydrogens is 1340 g/mol. The van der Waals surface area contributed by atoms with Crippen LogP contribution in [0.3, 0.4) is 0 Å². The van der Waals surface area contributed by atoms with E-state index in [1.807, 2.05) is 13.8 Å². The Morgan fingerprint density at radius 2 is 1.06 bits per heavy atom. The highest BCUT2D eigenvalue weighted by Gasteiger charge is 2.46. The van der Waals surface area contributed by atoms with Crippen LogP contribution in [0.1, 0.15) is 102 Å². The van der Waals surface area contributed by atoms with Crippen molar-refractivity contribution >= 4 is 100 Å². The van der Waals surface area contributed by atoms with Crippen molar-refractivity contribution in [1.29, 1.82) is 0 Å². The number of carboxylic acids is 1. The number of aliphatic hydroxyl groups is 2. The van der Waals surface area contributed by atoms with Crippen molar-refractivity contribution in [3.63, 3.8) is 0 Å². The van der Waals surface area contributed by atoms with Gasteiger partial charge in [0.15, 0.2) is 5.96 Å². The number of nitrogens with two attached hydrogens (primary N) is 3. The van der Waals surface area contributed by atoms with Crippen LogP contribution in [0.4, 0.5) is 0 Å². The highest BCUT2D eigenvalue weighted by atomic mass is 32.2. The van der Waals surface area contributed by atoms with E-state index >= 15 is 4.79 Å². The quantitative estimate of drug-likeness (QED) is 0.0145. The van der Waals surface area contributed by atoms with Crippen molar-refractivity contribution < 1.29 is 78.0 Å². The highest BCUT2D eigenvalue weighted by molar-refractivity contribution is 7.98. The number of rotatable bonds is 41. The Morgan fingerprint density at radius 3 is 1.58 bits per heavy atom. The molecule has 0 bridgehead atoms. The minimum atomic E-state index is -1.78. The smallest absolute Gasteiger partial charge is 0.326 e. The number of aromatic amines is 2. The summed E-state index contributed by atoms with van der Waals surface area (Å²) in [6.07, 6.45) is 6.35. The van der Waals surface area contributed by atoms with Crippen molar-refractivity contribution in [2.75, 3.05) is 50.2 Å². The lowest BCUT2D eigenvalue weighted by Gasteiger charge is -2.34. The number of imidazole rings is 2. The number of phenols is 1. The number of nitrogens with one attached hydrogen (secondary N) is 11. The summed E-state index contributed by atoms with van der Waals surface area (Å²) in [7, 11) is 0. The fourth-order valence-corrected chi connectivity index (χ4v) is 12.3. The fourth-order valence-electron chi connectivity index (χ4n) is 11.4. The van der Waals surface area contributed by atoms with E-state index in [0.29, 0.717) is 41.3 Å². The number of benzene rings is 1. The van der Waals surface area contributed by atoms with Gasteiger partial charge in [-0.3, -0.25) is 57.7 Å². The van der Waals surface area contributed by atoms with E-state index in [9.17, 15) is 73.2 Å². The molecule has 552 valence electrons. The summed E-state index contributed by atoms with van der Waals surface area (Å²) in [5.41, 5.74) is 17.5. The van der Waals surface area contributed by atoms with Crippen molar-refractivity contribution in [2.45, 2.75) is 183 Å². The fraction of sp³-hybridized carbons (Fsp3) is 0.603. The molecule has 21 N–H and O–H groups in total. The maximum atomic E-state index is 15.0. The lowest BCUT2D eigenvalue weighted by Crippen LogP contribution is -2.63. The number of carbonyl (C=O) groups excluding carboxylic acids is 11. The number of nitrogens with zero attached hydrogens (tertiary/aromatic N) is 5. The first kappa shape index (κ1) is 81.6. The number of aromatic nitrogens is 4. The number of aliphatic carboxylic acids is 1. The molecule has 4 heterocycles.